The molecule has 3 nitrogen and oxygen atoms in total. The fourth-order valence-electron chi connectivity index (χ4n) is 1.52. The van der Waals surface area contributed by atoms with Crippen LogP contribution >= 0.6 is 19.1 Å². The number of thiazole rings is 1. The molecule has 1 heterocycles. The summed E-state index contributed by atoms with van der Waals surface area (Å²) in [6.07, 6.45) is 5.20. The summed E-state index contributed by atoms with van der Waals surface area (Å²) >= 11 is 1.51. The van der Waals surface area contributed by atoms with Gasteiger partial charge in [0.2, 0.25) is 0 Å². The first-order valence-electron chi connectivity index (χ1n) is 4.78. The molecule has 0 spiro atoms. The lowest BCUT2D eigenvalue weighted by Crippen LogP contribution is -2.02. The van der Waals surface area contributed by atoms with Gasteiger partial charge in [-0.25, -0.2) is 4.98 Å². The van der Waals surface area contributed by atoms with Gasteiger partial charge in [-0.1, -0.05) is 5.92 Å². The van der Waals surface area contributed by atoms with Crippen LogP contribution in [0.3, 0.4) is 0 Å². The number of fused-ring (bicyclic) bond motifs is 1. The van der Waals surface area contributed by atoms with E-state index < -0.39 is 7.80 Å². The second-order valence-electron chi connectivity index (χ2n) is 3.30. The topological polar surface area (TPSA) is 42.0 Å². The zero-order valence-corrected chi connectivity index (χ0v) is 10.6. The Morgan fingerprint density at radius 2 is 2.44 bits per heavy atom. The molecule has 1 aromatic carbocycles. The Morgan fingerprint density at radius 1 is 1.62 bits per heavy atom. The molecule has 1 aromatic heterocycles. The maximum Gasteiger partial charge on any atom is 0.105 e. The van der Waals surface area contributed by atoms with Crippen LogP contribution in [0.1, 0.15) is 0 Å². The van der Waals surface area contributed by atoms with Crippen molar-refractivity contribution in [2.45, 2.75) is 0 Å². The summed E-state index contributed by atoms with van der Waals surface area (Å²) in [5, 5.41) is 4.00. The predicted octanol–water partition coefficient (Wildman–Crippen LogP) is 2.16. The van der Waals surface area contributed by atoms with E-state index >= 15 is 0 Å². The number of anilines is 1. The molecule has 0 aliphatic heterocycles. The number of nitrogens with one attached hydrogen (secondary N) is 1. The van der Waals surface area contributed by atoms with E-state index in [-0.39, 0.29) is 0 Å². The number of hydrogen-bond acceptors (Lipinski definition) is 4. The highest BCUT2D eigenvalue weighted by atomic mass is 32.1. The van der Waals surface area contributed by atoms with E-state index in [4.69, 9.17) is 6.42 Å². The van der Waals surface area contributed by atoms with Crippen molar-refractivity contribution in [3.63, 3.8) is 0 Å². The first-order chi connectivity index (χ1) is 7.74. The Hall–Kier alpha value is -1.30. The molecular weight excluding hydrogens is 239 g/mol. The molecule has 0 saturated heterocycles. The van der Waals surface area contributed by atoms with Gasteiger partial charge in [0.15, 0.2) is 0 Å². The Labute approximate surface area is 98.7 Å². The summed E-state index contributed by atoms with van der Waals surface area (Å²) < 4.78 is 12.6. The van der Waals surface area contributed by atoms with Crippen molar-refractivity contribution in [2.24, 2.45) is 0 Å². The van der Waals surface area contributed by atoms with Crippen molar-refractivity contribution < 1.29 is 4.57 Å². The second-order valence-corrected chi connectivity index (χ2v) is 5.81. The highest BCUT2D eigenvalue weighted by Gasteiger charge is 2.10. The number of terminal acetylenes is 1. The fourth-order valence-corrected chi connectivity index (χ4v) is 3.61. The summed E-state index contributed by atoms with van der Waals surface area (Å²) in [6.45, 7) is 2.21. The number of benzene rings is 1. The van der Waals surface area contributed by atoms with Gasteiger partial charge in [0.1, 0.15) is 13.3 Å². The van der Waals surface area contributed by atoms with Gasteiger partial charge in [-0.2, -0.15) is 0 Å². The van der Waals surface area contributed by atoms with Gasteiger partial charge in [-0.15, -0.1) is 17.8 Å². The van der Waals surface area contributed by atoms with Crippen LogP contribution in [0, 0.1) is 12.3 Å². The molecule has 5 heteroatoms. The van der Waals surface area contributed by atoms with Gasteiger partial charge < -0.3 is 9.88 Å². The molecule has 0 aliphatic carbocycles. The van der Waals surface area contributed by atoms with Crippen LogP contribution in [0.2, 0.25) is 0 Å². The standard InChI is InChI=1S/C11H11N2OPS/c1-3-6-12-8-4-5-9(15(2)14)11-10(8)13-7-16-11/h1,4-5,7,12,15H,6H2,2H3. The summed E-state index contributed by atoms with van der Waals surface area (Å²) in [5.74, 6) is 2.52. The lowest BCUT2D eigenvalue weighted by Gasteiger charge is -2.05. The monoisotopic (exact) mass is 250 g/mol. The third-order valence-electron chi connectivity index (χ3n) is 2.24. The molecule has 82 valence electrons. The van der Waals surface area contributed by atoms with Gasteiger partial charge in [0, 0.05) is 5.30 Å². The number of aromatic nitrogens is 1. The molecule has 0 radical (unpaired) electrons. The maximum absolute atomic E-state index is 11.6. The van der Waals surface area contributed by atoms with Crippen molar-refractivity contribution in [3.8, 4) is 12.3 Å². The summed E-state index contributed by atoms with van der Waals surface area (Å²) in [6, 6.07) is 3.78. The molecule has 2 aromatic rings. The van der Waals surface area contributed by atoms with Gasteiger partial charge >= 0.3 is 0 Å². The first kappa shape index (κ1) is 11.2. The van der Waals surface area contributed by atoms with E-state index in [1.165, 1.54) is 11.3 Å². The summed E-state index contributed by atoms with van der Waals surface area (Å²) in [7, 11) is -1.69. The predicted molar refractivity (Wildman–Crippen MR) is 71.5 cm³/mol. The SMILES string of the molecule is C#CCNc1ccc([PH](C)=O)c2scnc12. The van der Waals surface area contributed by atoms with Gasteiger partial charge in [-0.3, -0.25) is 0 Å². The minimum absolute atomic E-state index is 0.466. The Balaban J connectivity index is 2.55. The van der Waals surface area contributed by atoms with E-state index in [1.54, 1.807) is 12.2 Å². The average Bonchev–Trinajstić information content (AvgIpc) is 2.74. The zero-order valence-electron chi connectivity index (χ0n) is 8.78. The molecule has 1 atom stereocenters. The highest BCUT2D eigenvalue weighted by Crippen LogP contribution is 2.29. The van der Waals surface area contributed by atoms with Gasteiger partial charge in [-0.05, 0) is 18.8 Å². The molecule has 2 rings (SSSR count). The van der Waals surface area contributed by atoms with Crippen LogP contribution in [-0.4, -0.2) is 18.2 Å². The highest BCUT2D eigenvalue weighted by molar-refractivity contribution is 7.54. The van der Waals surface area contributed by atoms with Crippen LogP contribution in [-0.2, 0) is 4.57 Å². The normalized spacial score (nSPS) is 12.2. The molecule has 1 N–H and O–H groups in total. The number of hydrogen-bond donors (Lipinski definition) is 1. The lowest BCUT2D eigenvalue weighted by atomic mass is 10.3. The smallest absolute Gasteiger partial charge is 0.105 e. The lowest BCUT2D eigenvalue weighted by molar-refractivity contribution is 0.596. The van der Waals surface area contributed by atoms with Crippen LogP contribution < -0.4 is 10.6 Å². The molecule has 0 fully saturated rings. The number of rotatable bonds is 3. The molecule has 0 saturated carbocycles. The molecular formula is C11H11N2OPS. The van der Waals surface area contributed by atoms with E-state index in [0.29, 0.717) is 6.54 Å². The minimum Gasteiger partial charge on any atom is -0.372 e. The molecule has 16 heavy (non-hydrogen) atoms. The van der Waals surface area contributed by atoms with Crippen LogP contribution in [0.5, 0.6) is 0 Å². The zero-order chi connectivity index (χ0) is 11.5. The molecule has 1 unspecified atom stereocenters. The van der Waals surface area contributed by atoms with E-state index in [1.807, 2.05) is 12.1 Å². The van der Waals surface area contributed by atoms with Crippen molar-refractivity contribution in [2.75, 3.05) is 18.5 Å². The molecule has 0 bridgehead atoms. The Bertz CT molecular complexity index is 585. The Morgan fingerprint density at radius 3 is 3.12 bits per heavy atom. The van der Waals surface area contributed by atoms with Crippen molar-refractivity contribution >= 4 is 40.3 Å². The maximum atomic E-state index is 11.6. The number of nitrogens with zero attached hydrogens (tertiary/aromatic N) is 1. The summed E-state index contributed by atoms with van der Waals surface area (Å²) in [4.78, 5) is 4.28. The van der Waals surface area contributed by atoms with Crippen LogP contribution in [0.15, 0.2) is 17.6 Å². The largest absolute Gasteiger partial charge is 0.372 e. The third kappa shape index (κ3) is 1.97. The van der Waals surface area contributed by atoms with E-state index in [2.05, 4.69) is 16.2 Å². The van der Waals surface area contributed by atoms with Crippen molar-refractivity contribution in [3.05, 3.63) is 17.6 Å². The first-order valence-corrected chi connectivity index (χ1v) is 7.57. The molecule has 0 aliphatic rings. The Kier molecular flexibility index (Phi) is 3.28. The molecule has 0 amide bonds. The van der Waals surface area contributed by atoms with Crippen LogP contribution in [0.25, 0.3) is 10.2 Å². The second kappa shape index (κ2) is 4.69. The minimum atomic E-state index is -1.69. The summed E-state index contributed by atoms with van der Waals surface area (Å²) in [5.41, 5.74) is 3.53. The quantitative estimate of drug-likeness (QED) is 0.670. The van der Waals surface area contributed by atoms with Gasteiger partial charge in [0.05, 0.1) is 22.4 Å². The van der Waals surface area contributed by atoms with Crippen molar-refractivity contribution in [1.82, 2.24) is 4.98 Å². The fraction of sp³-hybridized carbons (Fsp3) is 0.182. The van der Waals surface area contributed by atoms with Crippen molar-refractivity contribution in [1.29, 1.82) is 0 Å². The average molecular weight is 250 g/mol. The van der Waals surface area contributed by atoms with Crippen LogP contribution in [0.4, 0.5) is 5.69 Å². The van der Waals surface area contributed by atoms with E-state index in [9.17, 15) is 4.57 Å². The third-order valence-corrected chi connectivity index (χ3v) is 4.46. The van der Waals surface area contributed by atoms with E-state index in [0.717, 1.165) is 21.2 Å². The van der Waals surface area contributed by atoms with Gasteiger partial charge in [0.25, 0.3) is 0 Å².